The van der Waals surface area contributed by atoms with E-state index < -0.39 is 0 Å². The third-order valence-electron chi connectivity index (χ3n) is 9.03. The molecule has 0 bridgehead atoms. The molecule has 0 N–H and O–H groups in total. The molecular formula is C30H34N2. The highest BCUT2D eigenvalue weighted by atomic mass is 15.3. The fourth-order valence-electron chi connectivity index (χ4n) is 7.59. The van der Waals surface area contributed by atoms with Gasteiger partial charge in [-0.1, -0.05) is 73.9 Å². The molecule has 0 spiro atoms. The topological polar surface area (TPSA) is 6.48 Å². The first-order chi connectivity index (χ1) is 15.9. The van der Waals surface area contributed by atoms with Gasteiger partial charge in [-0.15, -0.1) is 0 Å². The van der Waals surface area contributed by atoms with Gasteiger partial charge in [0.1, 0.15) is 0 Å². The first kappa shape index (κ1) is 19.3. The van der Waals surface area contributed by atoms with E-state index in [4.69, 9.17) is 0 Å². The summed E-state index contributed by atoms with van der Waals surface area (Å²) in [5.74, 6) is 0.898. The zero-order chi connectivity index (χ0) is 21.1. The highest BCUT2D eigenvalue weighted by Crippen LogP contribution is 2.40. The second-order valence-electron chi connectivity index (χ2n) is 10.7. The van der Waals surface area contributed by atoms with Gasteiger partial charge in [0.15, 0.2) is 0 Å². The van der Waals surface area contributed by atoms with Crippen molar-refractivity contribution >= 4 is 32.3 Å². The fourth-order valence-corrected chi connectivity index (χ4v) is 7.59. The van der Waals surface area contributed by atoms with Crippen LogP contribution in [0.3, 0.4) is 0 Å². The SMILES string of the molecule is c1cc2ccc3ccc(CN4CCN5CCC[C@@H]5[C@H]4C4CCCCC4)c4ccc(c1)c2c34. The van der Waals surface area contributed by atoms with Crippen molar-refractivity contribution in [2.75, 3.05) is 19.6 Å². The lowest BCUT2D eigenvalue weighted by atomic mass is 9.78. The van der Waals surface area contributed by atoms with Crippen molar-refractivity contribution in [1.82, 2.24) is 9.80 Å². The zero-order valence-electron chi connectivity index (χ0n) is 19.1. The lowest BCUT2D eigenvalue weighted by molar-refractivity contribution is -0.00357. The molecule has 4 aromatic rings. The van der Waals surface area contributed by atoms with E-state index in [0.29, 0.717) is 0 Å². The largest absolute Gasteiger partial charge is 0.298 e. The van der Waals surface area contributed by atoms with Crippen LogP contribution in [0.5, 0.6) is 0 Å². The van der Waals surface area contributed by atoms with E-state index in [1.165, 1.54) is 102 Å². The number of nitrogens with zero attached hydrogens (tertiary/aromatic N) is 2. The predicted octanol–water partition coefficient (Wildman–Crippen LogP) is 6.81. The van der Waals surface area contributed by atoms with Crippen molar-refractivity contribution in [3.05, 3.63) is 60.2 Å². The molecule has 0 unspecified atom stereocenters. The Hall–Kier alpha value is -2.16. The van der Waals surface area contributed by atoms with Crippen LogP contribution >= 0.6 is 0 Å². The van der Waals surface area contributed by atoms with E-state index in [1.807, 2.05) is 0 Å². The Morgan fingerprint density at radius 3 is 2.25 bits per heavy atom. The molecule has 3 fully saturated rings. The van der Waals surface area contributed by atoms with Crippen LogP contribution in [0.4, 0.5) is 0 Å². The van der Waals surface area contributed by atoms with E-state index >= 15 is 0 Å². The van der Waals surface area contributed by atoms with Gasteiger partial charge in [0.25, 0.3) is 0 Å². The Labute approximate surface area is 191 Å². The smallest absolute Gasteiger partial charge is 0.0283 e. The number of fused-ring (bicyclic) bond motifs is 1. The molecule has 2 heteroatoms. The maximum Gasteiger partial charge on any atom is 0.0283 e. The van der Waals surface area contributed by atoms with Crippen LogP contribution in [0.2, 0.25) is 0 Å². The summed E-state index contributed by atoms with van der Waals surface area (Å²) < 4.78 is 0. The summed E-state index contributed by atoms with van der Waals surface area (Å²) in [6, 6.07) is 22.5. The molecule has 164 valence electrons. The van der Waals surface area contributed by atoms with E-state index in [2.05, 4.69) is 64.4 Å². The standard InChI is InChI=1S/C30H34N2/c1-2-6-24(7-3-1)30-27-10-5-17-31(27)18-19-32(30)20-25-14-13-23-12-11-21-8-4-9-22-15-16-26(25)29(23)28(21)22/h4,8-9,11-16,24,27,30H,1-3,5-7,10,17-20H2/t27-,30-/m1/s1. The molecule has 2 heterocycles. The third kappa shape index (κ3) is 2.99. The van der Waals surface area contributed by atoms with Crippen molar-refractivity contribution in [3.8, 4) is 0 Å². The summed E-state index contributed by atoms with van der Waals surface area (Å²) in [4.78, 5) is 5.74. The van der Waals surface area contributed by atoms with Crippen molar-refractivity contribution in [1.29, 1.82) is 0 Å². The van der Waals surface area contributed by atoms with Crippen LogP contribution in [-0.2, 0) is 6.54 Å². The average molecular weight is 423 g/mol. The Balaban J connectivity index is 1.31. The van der Waals surface area contributed by atoms with Crippen LogP contribution in [0.1, 0.15) is 50.5 Å². The number of rotatable bonds is 3. The zero-order valence-corrected chi connectivity index (χ0v) is 19.1. The summed E-state index contributed by atoms with van der Waals surface area (Å²) in [5, 5.41) is 8.54. The second-order valence-corrected chi connectivity index (χ2v) is 10.7. The normalized spacial score (nSPS) is 25.9. The minimum absolute atomic E-state index is 0.755. The molecule has 0 amide bonds. The second kappa shape index (κ2) is 7.71. The van der Waals surface area contributed by atoms with Crippen molar-refractivity contribution in [2.24, 2.45) is 5.92 Å². The molecular weight excluding hydrogens is 388 g/mol. The summed E-state index contributed by atoms with van der Waals surface area (Å²) >= 11 is 0. The predicted molar refractivity (Wildman–Crippen MR) is 136 cm³/mol. The third-order valence-corrected chi connectivity index (χ3v) is 9.03. The summed E-state index contributed by atoms with van der Waals surface area (Å²) in [6.45, 7) is 4.94. The van der Waals surface area contributed by atoms with Gasteiger partial charge in [0.2, 0.25) is 0 Å². The van der Waals surface area contributed by atoms with Gasteiger partial charge in [-0.2, -0.15) is 0 Å². The number of benzene rings is 4. The molecule has 0 aromatic heterocycles. The molecule has 2 nitrogen and oxygen atoms in total. The summed E-state index contributed by atoms with van der Waals surface area (Å²) in [6.07, 6.45) is 10.1. The van der Waals surface area contributed by atoms with E-state index in [1.54, 1.807) is 0 Å². The maximum absolute atomic E-state index is 2.91. The van der Waals surface area contributed by atoms with Gasteiger partial charge in [-0.25, -0.2) is 0 Å². The molecule has 2 aliphatic heterocycles. The molecule has 2 atom stereocenters. The average Bonchev–Trinajstić information content (AvgIpc) is 3.33. The lowest BCUT2D eigenvalue weighted by Crippen LogP contribution is -2.59. The lowest BCUT2D eigenvalue weighted by Gasteiger charge is -2.49. The molecule has 2 saturated heterocycles. The summed E-state index contributed by atoms with van der Waals surface area (Å²) in [5.41, 5.74) is 1.53. The van der Waals surface area contributed by atoms with Gasteiger partial charge in [-0.05, 0) is 76.0 Å². The van der Waals surface area contributed by atoms with Crippen LogP contribution in [0.25, 0.3) is 32.3 Å². The van der Waals surface area contributed by atoms with E-state index in [0.717, 1.165) is 24.5 Å². The molecule has 4 aromatic carbocycles. The van der Waals surface area contributed by atoms with Crippen molar-refractivity contribution in [2.45, 2.75) is 63.6 Å². The highest BCUT2D eigenvalue weighted by Gasteiger charge is 2.43. The molecule has 1 aliphatic carbocycles. The number of hydrogen-bond acceptors (Lipinski definition) is 2. The van der Waals surface area contributed by atoms with Gasteiger partial charge >= 0.3 is 0 Å². The van der Waals surface area contributed by atoms with Gasteiger partial charge in [0.05, 0.1) is 0 Å². The Morgan fingerprint density at radius 1 is 0.656 bits per heavy atom. The van der Waals surface area contributed by atoms with E-state index in [9.17, 15) is 0 Å². The number of hydrogen-bond donors (Lipinski definition) is 0. The Kier molecular flexibility index (Phi) is 4.66. The van der Waals surface area contributed by atoms with Crippen molar-refractivity contribution in [3.63, 3.8) is 0 Å². The molecule has 32 heavy (non-hydrogen) atoms. The maximum atomic E-state index is 2.91. The quantitative estimate of drug-likeness (QED) is 0.335. The molecule has 1 saturated carbocycles. The number of piperazine rings is 1. The Bertz CT molecular complexity index is 1240. The molecule has 3 aliphatic rings. The first-order valence-corrected chi connectivity index (χ1v) is 13.0. The van der Waals surface area contributed by atoms with Crippen molar-refractivity contribution < 1.29 is 0 Å². The Morgan fingerprint density at radius 2 is 1.41 bits per heavy atom. The highest BCUT2D eigenvalue weighted by molar-refractivity contribution is 6.23. The first-order valence-electron chi connectivity index (χ1n) is 13.0. The van der Waals surface area contributed by atoms with E-state index in [-0.39, 0.29) is 0 Å². The van der Waals surface area contributed by atoms with Gasteiger partial charge < -0.3 is 0 Å². The minimum atomic E-state index is 0.755. The fraction of sp³-hybridized carbons (Fsp3) is 0.467. The van der Waals surface area contributed by atoms with Gasteiger partial charge in [0, 0.05) is 31.7 Å². The molecule has 7 rings (SSSR count). The van der Waals surface area contributed by atoms with Crippen LogP contribution in [-0.4, -0.2) is 41.5 Å². The minimum Gasteiger partial charge on any atom is -0.298 e. The van der Waals surface area contributed by atoms with Crippen LogP contribution in [0.15, 0.2) is 54.6 Å². The molecule has 0 radical (unpaired) electrons. The monoisotopic (exact) mass is 422 g/mol. The van der Waals surface area contributed by atoms with Gasteiger partial charge in [-0.3, -0.25) is 9.80 Å². The summed E-state index contributed by atoms with van der Waals surface area (Å²) in [7, 11) is 0. The van der Waals surface area contributed by atoms with Crippen LogP contribution in [0, 0.1) is 5.92 Å². The van der Waals surface area contributed by atoms with Crippen LogP contribution < -0.4 is 0 Å².